The summed E-state index contributed by atoms with van der Waals surface area (Å²) in [5.74, 6) is -1.19. The van der Waals surface area contributed by atoms with Crippen LogP contribution in [-0.4, -0.2) is 38.0 Å². The lowest BCUT2D eigenvalue weighted by Crippen LogP contribution is -2.43. The first-order valence-electron chi connectivity index (χ1n) is 12.4. The lowest BCUT2D eigenvalue weighted by molar-refractivity contribution is -0.155. The molecule has 1 amide bonds. The Morgan fingerprint density at radius 3 is 2.72 bits per heavy atom. The topological polar surface area (TPSA) is 75.4 Å². The number of rotatable bonds is 5. The van der Waals surface area contributed by atoms with Gasteiger partial charge in [0.05, 0.1) is 17.0 Å². The van der Waals surface area contributed by atoms with Crippen LogP contribution in [0.1, 0.15) is 56.9 Å². The first-order valence-corrected chi connectivity index (χ1v) is 12.8. The second-order valence-electron chi connectivity index (χ2n) is 11.0. The summed E-state index contributed by atoms with van der Waals surface area (Å²) in [6, 6.07) is 8.76. The maximum Gasteiger partial charge on any atom is 0.309 e. The van der Waals surface area contributed by atoms with Crippen LogP contribution in [0.4, 0.5) is 4.39 Å². The quantitative estimate of drug-likeness (QED) is 0.478. The van der Waals surface area contributed by atoms with Crippen molar-refractivity contribution in [1.29, 1.82) is 0 Å². The van der Waals surface area contributed by atoms with Crippen molar-refractivity contribution in [3.63, 3.8) is 0 Å². The molecule has 3 heterocycles. The van der Waals surface area contributed by atoms with Crippen molar-refractivity contribution in [2.24, 2.45) is 16.7 Å². The van der Waals surface area contributed by atoms with Crippen molar-refractivity contribution >= 4 is 34.5 Å². The van der Waals surface area contributed by atoms with Gasteiger partial charge in [-0.15, -0.1) is 0 Å². The van der Waals surface area contributed by atoms with Crippen molar-refractivity contribution in [1.82, 2.24) is 14.5 Å². The van der Waals surface area contributed by atoms with Gasteiger partial charge in [0.2, 0.25) is 5.91 Å². The average Bonchev–Trinajstić information content (AvgIpc) is 3.28. The molecule has 8 heteroatoms. The first kappa shape index (κ1) is 24.8. The maximum atomic E-state index is 14.1. The van der Waals surface area contributed by atoms with Crippen molar-refractivity contribution < 1.29 is 19.1 Å². The Kier molecular flexibility index (Phi) is 6.10. The average molecular weight is 512 g/mol. The molecule has 2 aromatic heterocycles. The van der Waals surface area contributed by atoms with Gasteiger partial charge in [0.15, 0.2) is 0 Å². The number of halogens is 2. The number of carbonyl (C=O) groups is 2. The van der Waals surface area contributed by atoms with Gasteiger partial charge >= 0.3 is 5.97 Å². The molecule has 0 unspecified atom stereocenters. The van der Waals surface area contributed by atoms with Gasteiger partial charge in [-0.25, -0.2) is 9.37 Å². The van der Waals surface area contributed by atoms with E-state index in [2.05, 4.69) is 9.55 Å². The summed E-state index contributed by atoms with van der Waals surface area (Å²) in [5.41, 5.74) is 2.47. The molecule has 2 aliphatic rings. The van der Waals surface area contributed by atoms with E-state index in [1.54, 1.807) is 25.3 Å². The highest BCUT2D eigenvalue weighted by Crippen LogP contribution is 2.57. The number of aromatic nitrogens is 2. The van der Waals surface area contributed by atoms with Crippen LogP contribution in [-0.2, 0) is 29.1 Å². The van der Waals surface area contributed by atoms with Gasteiger partial charge in [-0.05, 0) is 72.9 Å². The molecule has 1 saturated carbocycles. The molecule has 0 bridgehead atoms. The van der Waals surface area contributed by atoms with Gasteiger partial charge in [-0.1, -0.05) is 31.5 Å². The van der Waals surface area contributed by atoms with Gasteiger partial charge in [0.1, 0.15) is 11.5 Å². The zero-order valence-corrected chi connectivity index (χ0v) is 21.6. The standard InChI is InChI=1S/C28H31ClFN3O3/c1-27(2)18(8-10-28(27,3)26(35)36)14-24(34)32-12-9-19-20-5-4-11-31-25(20)33(23(19)16-32)15-17-6-7-21(29)22(30)13-17/h4-7,11,13,18H,8-10,12,14-16H2,1-3H3,(H,35,36)/t18-,28+/m1/s1. The number of amides is 1. The fraction of sp³-hybridized carbons (Fsp3) is 0.464. The van der Waals surface area contributed by atoms with Gasteiger partial charge < -0.3 is 14.6 Å². The van der Waals surface area contributed by atoms with Crippen LogP contribution in [0.5, 0.6) is 0 Å². The molecule has 1 N–H and O–H groups in total. The second kappa shape index (κ2) is 8.87. The number of hydrogen-bond acceptors (Lipinski definition) is 3. The van der Waals surface area contributed by atoms with E-state index in [9.17, 15) is 19.1 Å². The molecular formula is C28H31ClFN3O3. The minimum Gasteiger partial charge on any atom is -0.481 e. The number of fused-ring (bicyclic) bond motifs is 3. The lowest BCUT2D eigenvalue weighted by Gasteiger charge is -2.39. The number of carboxylic acid groups (broad SMARTS) is 1. The Balaban J connectivity index is 1.42. The molecule has 1 fully saturated rings. The predicted molar refractivity (Wildman–Crippen MR) is 136 cm³/mol. The van der Waals surface area contributed by atoms with Crippen LogP contribution >= 0.6 is 11.6 Å². The monoisotopic (exact) mass is 511 g/mol. The summed E-state index contributed by atoms with van der Waals surface area (Å²) < 4.78 is 16.2. The van der Waals surface area contributed by atoms with E-state index in [4.69, 9.17) is 11.6 Å². The van der Waals surface area contributed by atoms with E-state index >= 15 is 0 Å². The number of pyridine rings is 1. The molecule has 36 heavy (non-hydrogen) atoms. The van der Waals surface area contributed by atoms with Crippen LogP contribution in [0, 0.1) is 22.6 Å². The number of carboxylic acids is 1. The molecule has 6 nitrogen and oxygen atoms in total. The first-order chi connectivity index (χ1) is 17.0. The maximum absolute atomic E-state index is 14.1. The molecule has 0 spiro atoms. The highest BCUT2D eigenvalue weighted by atomic mass is 35.5. The molecule has 3 aromatic rings. The van der Waals surface area contributed by atoms with Crippen LogP contribution in [0.15, 0.2) is 36.5 Å². The smallest absolute Gasteiger partial charge is 0.309 e. The summed E-state index contributed by atoms with van der Waals surface area (Å²) in [4.78, 5) is 32.0. The predicted octanol–water partition coefficient (Wildman–Crippen LogP) is 5.68. The summed E-state index contributed by atoms with van der Waals surface area (Å²) in [6.07, 6.45) is 4.11. The number of benzene rings is 1. The highest BCUT2D eigenvalue weighted by molar-refractivity contribution is 6.30. The molecule has 0 radical (unpaired) electrons. The minimum absolute atomic E-state index is 0.0112. The Morgan fingerprint density at radius 1 is 1.25 bits per heavy atom. The Labute approximate surface area is 215 Å². The van der Waals surface area contributed by atoms with Crippen LogP contribution in [0.2, 0.25) is 5.02 Å². The largest absolute Gasteiger partial charge is 0.481 e. The van der Waals surface area contributed by atoms with Crippen molar-refractivity contribution in [2.45, 2.75) is 59.5 Å². The highest BCUT2D eigenvalue weighted by Gasteiger charge is 2.56. The van der Waals surface area contributed by atoms with Crippen LogP contribution in [0.3, 0.4) is 0 Å². The third-order valence-corrected chi connectivity index (χ3v) is 9.33. The van der Waals surface area contributed by atoms with Gasteiger partial charge in [0, 0.05) is 36.8 Å². The van der Waals surface area contributed by atoms with Crippen molar-refractivity contribution in [3.05, 3.63) is 64.2 Å². The van der Waals surface area contributed by atoms with Crippen LogP contribution < -0.4 is 0 Å². The fourth-order valence-electron chi connectivity index (χ4n) is 6.14. The third-order valence-electron chi connectivity index (χ3n) is 9.02. The Bertz CT molecular complexity index is 1370. The number of nitrogens with zero attached hydrogens (tertiary/aromatic N) is 3. The van der Waals surface area contributed by atoms with E-state index in [0.29, 0.717) is 38.9 Å². The molecule has 2 atom stereocenters. The minimum atomic E-state index is -0.834. The van der Waals surface area contributed by atoms with Crippen molar-refractivity contribution in [2.75, 3.05) is 6.54 Å². The van der Waals surface area contributed by atoms with E-state index in [-0.39, 0.29) is 16.8 Å². The van der Waals surface area contributed by atoms with Gasteiger partial charge in [-0.3, -0.25) is 9.59 Å². The lowest BCUT2D eigenvalue weighted by atomic mass is 9.65. The normalized spacial score (nSPS) is 23.1. The molecule has 1 aliphatic carbocycles. The van der Waals surface area contributed by atoms with E-state index < -0.39 is 22.6 Å². The molecule has 5 rings (SSSR count). The summed E-state index contributed by atoms with van der Waals surface area (Å²) in [7, 11) is 0. The van der Waals surface area contributed by atoms with E-state index in [1.807, 2.05) is 30.9 Å². The molecule has 190 valence electrons. The summed E-state index contributed by atoms with van der Waals surface area (Å²) >= 11 is 5.88. The third kappa shape index (κ3) is 3.88. The Morgan fingerprint density at radius 2 is 2.03 bits per heavy atom. The zero-order chi connectivity index (χ0) is 25.8. The second-order valence-corrected chi connectivity index (χ2v) is 11.4. The molecular weight excluding hydrogens is 481 g/mol. The van der Waals surface area contributed by atoms with E-state index in [1.165, 1.54) is 11.6 Å². The van der Waals surface area contributed by atoms with Crippen LogP contribution in [0.25, 0.3) is 11.0 Å². The van der Waals surface area contributed by atoms with Crippen molar-refractivity contribution in [3.8, 4) is 0 Å². The summed E-state index contributed by atoms with van der Waals surface area (Å²) in [5, 5.41) is 11.0. The van der Waals surface area contributed by atoms with E-state index in [0.717, 1.165) is 28.7 Å². The van der Waals surface area contributed by atoms with Gasteiger partial charge in [0.25, 0.3) is 0 Å². The SMILES string of the molecule is CC1(C)[C@@H](CC(=O)N2CCc3c(n(Cc4ccc(Cl)c(F)c4)c4ncccc34)C2)CC[C@@]1(C)C(=O)O. The Hall–Kier alpha value is -2.93. The fourth-order valence-corrected chi connectivity index (χ4v) is 6.26. The number of hydrogen-bond donors (Lipinski definition) is 1. The molecule has 1 aromatic carbocycles. The number of aliphatic carboxylic acids is 1. The zero-order valence-electron chi connectivity index (χ0n) is 20.9. The molecule has 1 aliphatic heterocycles. The van der Waals surface area contributed by atoms with Gasteiger partial charge in [-0.2, -0.15) is 0 Å². The number of carbonyl (C=O) groups excluding carboxylic acids is 1. The summed E-state index contributed by atoms with van der Waals surface area (Å²) in [6.45, 7) is 7.25. The molecule has 0 saturated heterocycles.